The quantitative estimate of drug-likeness (QED) is 0.667. The van der Waals surface area contributed by atoms with Gasteiger partial charge < -0.3 is 4.52 Å². The summed E-state index contributed by atoms with van der Waals surface area (Å²) < 4.78 is 32.0. The first-order chi connectivity index (χ1) is 12.4. The lowest BCUT2D eigenvalue weighted by molar-refractivity contribution is 0.379. The monoisotopic (exact) mass is 391 g/mol. The zero-order valence-corrected chi connectivity index (χ0v) is 15.7. The number of hydrogen-bond donors (Lipinski definition) is 1. The maximum Gasteiger partial charge on any atom is 0.228 e. The highest BCUT2D eigenvalue weighted by atomic mass is 35.5. The van der Waals surface area contributed by atoms with E-state index in [0.717, 1.165) is 11.1 Å². The van der Waals surface area contributed by atoms with E-state index < -0.39 is 10.0 Å². The number of hydrogen-bond acceptors (Lipinski definition) is 5. The van der Waals surface area contributed by atoms with E-state index >= 15 is 0 Å². The van der Waals surface area contributed by atoms with Gasteiger partial charge in [-0.05, 0) is 30.7 Å². The standard InChI is InChI=1S/C18H18ClN3O3S/c1-13-3-2-4-15(11-13)18-21-17(25-22-18)9-10-20-26(23,24)12-14-5-7-16(19)8-6-14/h2-8,11,20H,9-10,12H2,1H3. The number of nitrogens with zero attached hydrogens (tertiary/aromatic N) is 2. The van der Waals surface area contributed by atoms with E-state index in [2.05, 4.69) is 14.9 Å². The zero-order valence-electron chi connectivity index (χ0n) is 14.1. The van der Waals surface area contributed by atoms with Crippen LogP contribution in [-0.4, -0.2) is 25.1 Å². The molecule has 0 atom stereocenters. The molecule has 0 aliphatic rings. The van der Waals surface area contributed by atoms with Crippen LogP contribution in [0, 0.1) is 6.92 Å². The molecule has 0 radical (unpaired) electrons. The Morgan fingerprint density at radius 2 is 1.92 bits per heavy atom. The highest BCUT2D eigenvalue weighted by Crippen LogP contribution is 2.17. The van der Waals surface area contributed by atoms with Crippen LogP contribution in [0.2, 0.25) is 5.02 Å². The van der Waals surface area contributed by atoms with Crippen LogP contribution in [0.4, 0.5) is 0 Å². The summed E-state index contributed by atoms with van der Waals surface area (Å²) in [7, 11) is -3.45. The normalized spacial score (nSPS) is 11.6. The predicted molar refractivity (Wildman–Crippen MR) is 100 cm³/mol. The topological polar surface area (TPSA) is 85.1 Å². The van der Waals surface area contributed by atoms with Gasteiger partial charge in [-0.1, -0.05) is 52.7 Å². The van der Waals surface area contributed by atoms with Crippen molar-refractivity contribution in [3.05, 3.63) is 70.6 Å². The molecule has 1 aromatic heterocycles. The van der Waals surface area contributed by atoms with E-state index in [1.165, 1.54) is 0 Å². The molecule has 0 fully saturated rings. The Morgan fingerprint density at radius 3 is 2.65 bits per heavy atom. The minimum atomic E-state index is -3.45. The van der Waals surface area contributed by atoms with Crippen molar-refractivity contribution in [2.24, 2.45) is 0 Å². The number of rotatable bonds is 7. The van der Waals surface area contributed by atoms with E-state index in [0.29, 0.717) is 28.7 Å². The molecule has 1 N–H and O–H groups in total. The summed E-state index contributed by atoms with van der Waals surface area (Å²) in [5, 5.41) is 4.51. The van der Waals surface area contributed by atoms with Gasteiger partial charge in [0, 0.05) is 23.6 Å². The van der Waals surface area contributed by atoms with Crippen LogP contribution >= 0.6 is 11.6 Å². The minimum absolute atomic E-state index is 0.109. The highest BCUT2D eigenvalue weighted by molar-refractivity contribution is 7.88. The van der Waals surface area contributed by atoms with Crippen molar-refractivity contribution in [1.82, 2.24) is 14.9 Å². The Hall–Kier alpha value is -2.22. The molecule has 3 aromatic rings. The van der Waals surface area contributed by atoms with Gasteiger partial charge in [-0.3, -0.25) is 0 Å². The summed E-state index contributed by atoms with van der Waals surface area (Å²) in [5.74, 6) is 0.770. The van der Waals surface area contributed by atoms with Gasteiger partial charge in [0.05, 0.1) is 5.75 Å². The molecule has 0 bridgehead atoms. The molecule has 2 aromatic carbocycles. The molecule has 1 heterocycles. The molecule has 0 saturated carbocycles. The summed E-state index contributed by atoms with van der Waals surface area (Å²) in [6, 6.07) is 14.5. The molecule has 0 aliphatic carbocycles. The van der Waals surface area contributed by atoms with E-state index in [9.17, 15) is 8.42 Å². The number of nitrogens with one attached hydrogen (secondary N) is 1. The Bertz CT molecular complexity index is 985. The maximum absolute atomic E-state index is 12.1. The number of benzene rings is 2. The maximum atomic E-state index is 12.1. The number of sulfonamides is 1. The first-order valence-corrected chi connectivity index (χ1v) is 10.1. The molecule has 0 unspecified atom stereocenters. The van der Waals surface area contributed by atoms with Crippen LogP contribution in [0.15, 0.2) is 53.1 Å². The fourth-order valence-corrected chi connectivity index (χ4v) is 3.69. The summed E-state index contributed by atoms with van der Waals surface area (Å²) in [6.07, 6.45) is 0.318. The fraction of sp³-hybridized carbons (Fsp3) is 0.222. The summed E-state index contributed by atoms with van der Waals surface area (Å²) >= 11 is 5.80. The molecular weight excluding hydrogens is 374 g/mol. The second kappa shape index (κ2) is 7.99. The third kappa shape index (κ3) is 5.14. The first kappa shape index (κ1) is 18.6. The molecule has 0 aliphatic heterocycles. The highest BCUT2D eigenvalue weighted by Gasteiger charge is 2.13. The van der Waals surface area contributed by atoms with Crippen molar-refractivity contribution in [3.8, 4) is 11.4 Å². The van der Waals surface area contributed by atoms with Crippen molar-refractivity contribution >= 4 is 21.6 Å². The molecule has 3 rings (SSSR count). The van der Waals surface area contributed by atoms with Gasteiger partial charge in [0.15, 0.2) is 0 Å². The molecule has 8 heteroatoms. The molecule has 0 saturated heterocycles. The van der Waals surface area contributed by atoms with Crippen molar-refractivity contribution < 1.29 is 12.9 Å². The average molecular weight is 392 g/mol. The van der Waals surface area contributed by atoms with Crippen LogP contribution in [0.25, 0.3) is 11.4 Å². The number of aryl methyl sites for hydroxylation is 1. The number of aromatic nitrogens is 2. The van der Waals surface area contributed by atoms with E-state index in [1.54, 1.807) is 24.3 Å². The second-order valence-electron chi connectivity index (χ2n) is 5.91. The van der Waals surface area contributed by atoms with E-state index in [4.69, 9.17) is 16.1 Å². The second-order valence-corrected chi connectivity index (χ2v) is 8.15. The lowest BCUT2D eigenvalue weighted by Gasteiger charge is -2.05. The molecule has 136 valence electrons. The zero-order chi connectivity index (χ0) is 18.6. The number of halogens is 1. The predicted octanol–water partition coefficient (Wildman–Crippen LogP) is 3.36. The Labute approximate surface area is 157 Å². The summed E-state index contributed by atoms with van der Waals surface area (Å²) in [4.78, 5) is 4.31. The van der Waals surface area contributed by atoms with E-state index in [1.807, 2.05) is 31.2 Å². The minimum Gasteiger partial charge on any atom is -0.339 e. The van der Waals surface area contributed by atoms with Crippen LogP contribution in [0.1, 0.15) is 17.0 Å². The van der Waals surface area contributed by atoms with E-state index in [-0.39, 0.29) is 12.3 Å². The van der Waals surface area contributed by atoms with Crippen LogP contribution in [0.5, 0.6) is 0 Å². The van der Waals surface area contributed by atoms with Crippen LogP contribution in [-0.2, 0) is 22.2 Å². The molecular formula is C18H18ClN3O3S. The lowest BCUT2D eigenvalue weighted by atomic mass is 10.1. The van der Waals surface area contributed by atoms with Gasteiger partial charge in [0.1, 0.15) is 0 Å². The van der Waals surface area contributed by atoms with Gasteiger partial charge in [-0.25, -0.2) is 13.1 Å². The molecule has 26 heavy (non-hydrogen) atoms. The van der Waals surface area contributed by atoms with Gasteiger partial charge >= 0.3 is 0 Å². The fourth-order valence-electron chi connectivity index (χ4n) is 2.42. The summed E-state index contributed by atoms with van der Waals surface area (Å²) in [6.45, 7) is 2.17. The van der Waals surface area contributed by atoms with Gasteiger partial charge in [-0.15, -0.1) is 0 Å². The average Bonchev–Trinajstić information content (AvgIpc) is 3.05. The van der Waals surface area contributed by atoms with Crippen molar-refractivity contribution in [3.63, 3.8) is 0 Å². The largest absolute Gasteiger partial charge is 0.339 e. The third-order valence-corrected chi connectivity index (χ3v) is 5.28. The Morgan fingerprint density at radius 1 is 1.15 bits per heavy atom. The Balaban J connectivity index is 1.55. The molecule has 0 spiro atoms. The van der Waals surface area contributed by atoms with Crippen molar-refractivity contribution in [2.75, 3.05) is 6.54 Å². The SMILES string of the molecule is Cc1cccc(-c2noc(CCNS(=O)(=O)Cc3ccc(Cl)cc3)n2)c1. The van der Waals surface area contributed by atoms with Crippen molar-refractivity contribution in [2.45, 2.75) is 19.1 Å². The smallest absolute Gasteiger partial charge is 0.228 e. The molecule has 6 nitrogen and oxygen atoms in total. The first-order valence-electron chi connectivity index (χ1n) is 8.03. The van der Waals surface area contributed by atoms with Crippen LogP contribution in [0.3, 0.4) is 0 Å². The summed E-state index contributed by atoms with van der Waals surface area (Å²) in [5.41, 5.74) is 2.63. The lowest BCUT2D eigenvalue weighted by Crippen LogP contribution is -2.27. The Kier molecular flexibility index (Phi) is 5.70. The van der Waals surface area contributed by atoms with Gasteiger partial charge in [-0.2, -0.15) is 4.98 Å². The van der Waals surface area contributed by atoms with Crippen LogP contribution < -0.4 is 4.72 Å². The van der Waals surface area contributed by atoms with Gasteiger partial charge in [0.2, 0.25) is 21.7 Å². The van der Waals surface area contributed by atoms with Crippen molar-refractivity contribution in [1.29, 1.82) is 0 Å². The third-order valence-electron chi connectivity index (χ3n) is 3.68. The molecule has 0 amide bonds. The van der Waals surface area contributed by atoms with Gasteiger partial charge in [0.25, 0.3) is 0 Å².